The van der Waals surface area contributed by atoms with Crippen LogP contribution < -0.4 is 0 Å². The number of sulfonamides is 1. The van der Waals surface area contributed by atoms with Gasteiger partial charge in [-0.25, -0.2) is 8.42 Å². The molecule has 0 aliphatic carbocycles. The number of hydrogen-bond donors (Lipinski definition) is 0. The minimum absolute atomic E-state index is 0.0644. The van der Waals surface area contributed by atoms with E-state index in [1.54, 1.807) is 10.4 Å². The van der Waals surface area contributed by atoms with Gasteiger partial charge in [0, 0.05) is 12.5 Å². The van der Waals surface area contributed by atoms with E-state index in [0.29, 0.717) is 11.4 Å². The molecule has 4 heteroatoms. The van der Waals surface area contributed by atoms with Crippen molar-refractivity contribution < 1.29 is 8.42 Å². The monoisotopic (exact) mass is 377 g/mol. The molecule has 0 amide bonds. The van der Waals surface area contributed by atoms with Gasteiger partial charge in [-0.05, 0) is 29.7 Å². The summed E-state index contributed by atoms with van der Waals surface area (Å²) in [5.41, 5.74) is 4.01. The standard InChI is InChI=1S/C23H23NO2S/c1-17-13-14-22-21(15-17)18(2)23(20-11-7-4-8-12-20)24(27(22,25)26)16-19-9-5-3-6-10-19/h3-15,18,23H,16H2,1-2H3/t18-,23-/m1/s1. The first-order valence-corrected chi connectivity index (χ1v) is 10.6. The molecule has 1 heterocycles. The van der Waals surface area contributed by atoms with Crippen molar-refractivity contribution in [2.75, 3.05) is 0 Å². The molecule has 0 N–H and O–H groups in total. The predicted octanol–water partition coefficient (Wildman–Crippen LogP) is 5.04. The zero-order valence-corrected chi connectivity index (χ0v) is 16.4. The molecule has 0 bridgehead atoms. The molecule has 3 nitrogen and oxygen atoms in total. The first-order chi connectivity index (χ1) is 13.0. The number of fused-ring (bicyclic) bond motifs is 1. The van der Waals surface area contributed by atoms with Crippen LogP contribution in [-0.4, -0.2) is 12.7 Å². The fourth-order valence-corrected chi connectivity index (χ4v) is 5.96. The Labute approximate surface area is 161 Å². The van der Waals surface area contributed by atoms with Crippen LogP contribution in [0, 0.1) is 6.92 Å². The molecule has 138 valence electrons. The van der Waals surface area contributed by atoms with E-state index in [-0.39, 0.29) is 12.0 Å². The van der Waals surface area contributed by atoms with E-state index in [1.807, 2.05) is 79.7 Å². The minimum atomic E-state index is -3.59. The van der Waals surface area contributed by atoms with E-state index < -0.39 is 10.0 Å². The summed E-state index contributed by atoms with van der Waals surface area (Å²) < 4.78 is 28.8. The van der Waals surface area contributed by atoms with Crippen LogP contribution in [0.4, 0.5) is 0 Å². The Hall–Kier alpha value is -2.43. The van der Waals surface area contributed by atoms with Crippen molar-refractivity contribution in [2.45, 2.75) is 37.2 Å². The molecular formula is C23H23NO2S. The highest BCUT2D eigenvalue weighted by atomic mass is 32.2. The van der Waals surface area contributed by atoms with E-state index >= 15 is 0 Å². The summed E-state index contributed by atoms with van der Waals surface area (Å²) in [6.45, 7) is 4.50. The lowest BCUT2D eigenvalue weighted by Gasteiger charge is -2.40. The van der Waals surface area contributed by atoms with E-state index in [9.17, 15) is 8.42 Å². The van der Waals surface area contributed by atoms with E-state index in [0.717, 1.165) is 22.3 Å². The fraction of sp³-hybridized carbons (Fsp3) is 0.217. The van der Waals surface area contributed by atoms with Crippen molar-refractivity contribution in [3.63, 3.8) is 0 Å². The van der Waals surface area contributed by atoms with Crippen molar-refractivity contribution in [3.05, 3.63) is 101 Å². The van der Waals surface area contributed by atoms with Crippen LogP contribution in [0.25, 0.3) is 0 Å². The molecule has 3 aromatic rings. The number of hydrogen-bond acceptors (Lipinski definition) is 2. The van der Waals surface area contributed by atoms with Crippen LogP contribution in [-0.2, 0) is 16.6 Å². The predicted molar refractivity (Wildman–Crippen MR) is 108 cm³/mol. The van der Waals surface area contributed by atoms with Gasteiger partial charge in [-0.15, -0.1) is 0 Å². The molecular weight excluding hydrogens is 354 g/mol. The third kappa shape index (κ3) is 3.20. The fourth-order valence-electron chi connectivity index (χ4n) is 4.01. The van der Waals surface area contributed by atoms with Gasteiger partial charge in [0.2, 0.25) is 10.0 Å². The van der Waals surface area contributed by atoms with Gasteiger partial charge in [-0.2, -0.15) is 4.31 Å². The number of rotatable bonds is 3. The van der Waals surface area contributed by atoms with Gasteiger partial charge < -0.3 is 0 Å². The maximum absolute atomic E-state index is 13.6. The molecule has 1 aliphatic rings. The minimum Gasteiger partial charge on any atom is -0.207 e. The molecule has 0 aromatic heterocycles. The maximum atomic E-state index is 13.6. The second kappa shape index (κ2) is 6.95. The normalized spacial score (nSPS) is 21.6. The number of nitrogens with zero attached hydrogens (tertiary/aromatic N) is 1. The summed E-state index contributed by atoms with van der Waals surface area (Å²) in [6, 6.07) is 25.2. The lowest BCUT2D eigenvalue weighted by Crippen LogP contribution is -2.41. The van der Waals surface area contributed by atoms with Gasteiger partial charge in [0.1, 0.15) is 0 Å². The van der Waals surface area contributed by atoms with Crippen molar-refractivity contribution in [2.24, 2.45) is 0 Å². The number of aryl methyl sites for hydroxylation is 1. The average molecular weight is 378 g/mol. The van der Waals surface area contributed by atoms with Crippen molar-refractivity contribution in [3.8, 4) is 0 Å². The summed E-state index contributed by atoms with van der Waals surface area (Å²) in [5.74, 6) is 0.0644. The third-order valence-electron chi connectivity index (χ3n) is 5.35. The average Bonchev–Trinajstić information content (AvgIpc) is 2.68. The molecule has 4 rings (SSSR count). The summed E-state index contributed by atoms with van der Waals surface area (Å²) in [6.07, 6.45) is 0. The van der Waals surface area contributed by atoms with Gasteiger partial charge in [0.25, 0.3) is 0 Å². The van der Waals surface area contributed by atoms with Crippen molar-refractivity contribution >= 4 is 10.0 Å². The number of benzene rings is 3. The van der Waals surface area contributed by atoms with E-state index in [4.69, 9.17) is 0 Å². The Morgan fingerprint density at radius 2 is 1.52 bits per heavy atom. The van der Waals surface area contributed by atoms with Crippen LogP contribution in [0.15, 0.2) is 83.8 Å². The Kier molecular flexibility index (Phi) is 4.62. The van der Waals surface area contributed by atoms with Gasteiger partial charge in [0.05, 0.1) is 10.9 Å². The third-order valence-corrected chi connectivity index (χ3v) is 7.25. The SMILES string of the molecule is Cc1ccc2c(c1)[C@@H](C)[C@H](c1ccccc1)N(Cc1ccccc1)S2(=O)=O. The van der Waals surface area contributed by atoms with Crippen LogP contribution in [0.3, 0.4) is 0 Å². The quantitative estimate of drug-likeness (QED) is 0.641. The van der Waals surface area contributed by atoms with Gasteiger partial charge >= 0.3 is 0 Å². The molecule has 3 aromatic carbocycles. The summed E-state index contributed by atoms with van der Waals surface area (Å²) in [7, 11) is -3.59. The highest BCUT2D eigenvalue weighted by Crippen LogP contribution is 2.46. The molecule has 0 unspecified atom stereocenters. The molecule has 1 aliphatic heterocycles. The molecule has 0 saturated heterocycles. The second-order valence-electron chi connectivity index (χ2n) is 7.22. The topological polar surface area (TPSA) is 37.4 Å². The molecule has 0 saturated carbocycles. The first kappa shape index (κ1) is 18.0. The van der Waals surface area contributed by atoms with E-state index in [1.165, 1.54) is 0 Å². The zero-order chi connectivity index (χ0) is 19.0. The summed E-state index contributed by atoms with van der Waals surface area (Å²) >= 11 is 0. The highest BCUT2D eigenvalue weighted by molar-refractivity contribution is 7.89. The van der Waals surface area contributed by atoms with Crippen LogP contribution in [0.1, 0.15) is 41.1 Å². The van der Waals surface area contributed by atoms with Gasteiger partial charge in [0.15, 0.2) is 0 Å². The lowest BCUT2D eigenvalue weighted by atomic mass is 9.87. The maximum Gasteiger partial charge on any atom is 0.244 e. The Bertz CT molecular complexity index is 1050. The Morgan fingerprint density at radius 1 is 0.889 bits per heavy atom. The van der Waals surface area contributed by atoms with Crippen LogP contribution >= 0.6 is 0 Å². The largest absolute Gasteiger partial charge is 0.244 e. The van der Waals surface area contributed by atoms with Crippen LogP contribution in [0.2, 0.25) is 0 Å². The van der Waals surface area contributed by atoms with Gasteiger partial charge in [-0.1, -0.05) is 85.3 Å². The molecule has 2 atom stereocenters. The smallest absolute Gasteiger partial charge is 0.207 e. The summed E-state index contributed by atoms with van der Waals surface area (Å²) in [4.78, 5) is 0.434. The zero-order valence-electron chi connectivity index (χ0n) is 15.5. The molecule has 27 heavy (non-hydrogen) atoms. The van der Waals surface area contributed by atoms with E-state index in [2.05, 4.69) is 6.92 Å². The van der Waals surface area contributed by atoms with Gasteiger partial charge in [-0.3, -0.25) is 0 Å². The van der Waals surface area contributed by atoms with Crippen molar-refractivity contribution in [1.82, 2.24) is 4.31 Å². The summed E-state index contributed by atoms with van der Waals surface area (Å²) in [5, 5.41) is 0. The second-order valence-corrected chi connectivity index (χ2v) is 9.08. The first-order valence-electron chi connectivity index (χ1n) is 9.20. The van der Waals surface area contributed by atoms with Crippen LogP contribution in [0.5, 0.6) is 0 Å². The Morgan fingerprint density at radius 3 is 2.19 bits per heavy atom. The molecule has 0 fully saturated rings. The lowest BCUT2D eigenvalue weighted by molar-refractivity contribution is 0.271. The molecule has 0 spiro atoms. The molecule has 0 radical (unpaired) electrons. The Balaban J connectivity index is 1.90. The van der Waals surface area contributed by atoms with Crippen molar-refractivity contribution in [1.29, 1.82) is 0 Å². The highest BCUT2D eigenvalue weighted by Gasteiger charge is 2.43.